The first kappa shape index (κ1) is 12.2. The molecule has 0 N–H and O–H groups in total. The number of hydrogen-bond acceptors (Lipinski definition) is 3. The van der Waals surface area contributed by atoms with Gasteiger partial charge in [0.2, 0.25) is 0 Å². The minimum absolute atomic E-state index is 0.869. The third-order valence-corrected chi connectivity index (χ3v) is 3.27. The van der Waals surface area contributed by atoms with Gasteiger partial charge in [-0.05, 0) is 59.0 Å². The highest BCUT2D eigenvalue weighted by atomic mass is 127. The second-order valence-electron chi connectivity index (χ2n) is 3.99. The van der Waals surface area contributed by atoms with Crippen LogP contribution >= 0.6 is 22.6 Å². The Morgan fingerprint density at radius 2 is 1.21 bits per heavy atom. The Kier molecular flexibility index (Phi) is 3.50. The van der Waals surface area contributed by atoms with Crippen LogP contribution in [0.1, 0.15) is 0 Å². The highest BCUT2D eigenvalue weighted by molar-refractivity contribution is 14.1. The Morgan fingerprint density at radius 3 is 1.63 bits per heavy atom. The Bertz CT molecular complexity index is 627. The molecule has 0 unspecified atom stereocenters. The van der Waals surface area contributed by atoms with Crippen molar-refractivity contribution < 1.29 is 0 Å². The molecule has 0 aliphatic rings. The molecular formula is C15H10IN3. The lowest BCUT2D eigenvalue weighted by Gasteiger charge is -2.05. The van der Waals surface area contributed by atoms with E-state index in [9.17, 15) is 0 Å². The van der Waals surface area contributed by atoms with Gasteiger partial charge in [-0.3, -0.25) is 9.97 Å². The van der Waals surface area contributed by atoms with Gasteiger partial charge in [0, 0.05) is 16.0 Å². The van der Waals surface area contributed by atoms with Gasteiger partial charge in [0.05, 0.1) is 22.8 Å². The second-order valence-corrected chi connectivity index (χ2v) is 5.23. The van der Waals surface area contributed by atoms with Crippen molar-refractivity contribution in [2.75, 3.05) is 0 Å². The molecule has 0 aromatic carbocycles. The van der Waals surface area contributed by atoms with Crippen molar-refractivity contribution in [2.45, 2.75) is 0 Å². The van der Waals surface area contributed by atoms with Crippen LogP contribution in [0.4, 0.5) is 0 Å². The maximum Gasteiger partial charge on any atom is 0.0904 e. The van der Waals surface area contributed by atoms with Gasteiger partial charge in [-0.2, -0.15) is 0 Å². The van der Waals surface area contributed by atoms with Gasteiger partial charge < -0.3 is 0 Å². The van der Waals surface area contributed by atoms with Crippen molar-refractivity contribution in [1.29, 1.82) is 0 Å². The van der Waals surface area contributed by atoms with Crippen LogP contribution in [0.15, 0.2) is 60.9 Å². The van der Waals surface area contributed by atoms with Gasteiger partial charge in [0.1, 0.15) is 0 Å². The summed E-state index contributed by atoms with van der Waals surface area (Å²) in [5.74, 6) is 0. The van der Waals surface area contributed by atoms with Crippen molar-refractivity contribution >= 4 is 22.6 Å². The fourth-order valence-corrected chi connectivity index (χ4v) is 2.38. The van der Waals surface area contributed by atoms with E-state index in [1.54, 1.807) is 12.4 Å². The van der Waals surface area contributed by atoms with E-state index >= 15 is 0 Å². The van der Waals surface area contributed by atoms with E-state index in [0.717, 1.165) is 26.3 Å². The Balaban J connectivity index is 2.12. The lowest BCUT2D eigenvalue weighted by atomic mass is 10.2. The third-order valence-electron chi connectivity index (χ3n) is 2.64. The molecule has 3 rings (SSSR count). The van der Waals surface area contributed by atoms with E-state index in [0.29, 0.717) is 0 Å². The van der Waals surface area contributed by atoms with Crippen LogP contribution in [0.5, 0.6) is 0 Å². The van der Waals surface area contributed by atoms with Gasteiger partial charge in [0.15, 0.2) is 0 Å². The second kappa shape index (κ2) is 5.44. The number of rotatable bonds is 2. The molecule has 4 heteroatoms. The maximum absolute atomic E-state index is 4.64. The lowest BCUT2D eigenvalue weighted by Crippen LogP contribution is -1.93. The number of hydrogen-bond donors (Lipinski definition) is 0. The van der Waals surface area contributed by atoms with E-state index < -0.39 is 0 Å². The molecule has 0 saturated carbocycles. The standard InChI is InChI=1S/C15H10IN3/c16-11-9-14(12-5-1-3-7-17-12)19-15(10-11)13-6-2-4-8-18-13/h1-10H. The summed E-state index contributed by atoms with van der Waals surface area (Å²) in [6.07, 6.45) is 3.55. The monoisotopic (exact) mass is 359 g/mol. The zero-order chi connectivity index (χ0) is 13.1. The average Bonchev–Trinajstić information content (AvgIpc) is 2.48. The lowest BCUT2D eigenvalue weighted by molar-refractivity contribution is 1.21. The Hall–Kier alpha value is -1.82. The Morgan fingerprint density at radius 1 is 0.684 bits per heavy atom. The van der Waals surface area contributed by atoms with Crippen molar-refractivity contribution in [3.63, 3.8) is 0 Å². The quantitative estimate of drug-likeness (QED) is 0.654. The molecule has 0 amide bonds. The van der Waals surface area contributed by atoms with Crippen molar-refractivity contribution in [3.8, 4) is 22.8 Å². The molecule has 19 heavy (non-hydrogen) atoms. The van der Waals surface area contributed by atoms with Crippen LogP contribution in [-0.2, 0) is 0 Å². The molecule has 0 spiro atoms. The molecule has 0 atom stereocenters. The number of pyridine rings is 3. The smallest absolute Gasteiger partial charge is 0.0904 e. The van der Waals surface area contributed by atoms with Crippen molar-refractivity contribution in [3.05, 3.63) is 64.5 Å². The first-order valence-corrected chi connectivity index (χ1v) is 6.91. The fourth-order valence-electron chi connectivity index (χ4n) is 1.79. The largest absolute Gasteiger partial charge is 0.255 e. The van der Waals surface area contributed by atoms with Crippen molar-refractivity contribution in [1.82, 2.24) is 15.0 Å². The number of nitrogens with zero attached hydrogens (tertiary/aromatic N) is 3. The minimum Gasteiger partial charge on any atom is -0.255 e. The molecule has 92 valence electrons. The highest BCUT2D eigenvalue weighted by Gasteiger charge is 2.07. The summed E-state index contributed by atoms with van der Waals surface area (Å²) in [4.78, 5) is 13.3. The molecule has 0 saturated heterocycles. The van der Waals surface area contributed by atoms with Gasteiger partial charge in [-0.25, -0.2) is 4.98 Å². The summed E-state index contributed by atoms with van der Waals surface area (Å²) in [5, 5.41) is 0. The topological polar surface area (TPSA) is 38.7 Å². The number of halogens is 1. The molecule has 0 radical (unpaired) electrons. The Labute approximate surface area is 124 Å². The molecule has 0 aliphatic carbocycles. The molecule has 3 heterocycles. The molecule has 3 aromatic heterocycles. The van der Waals surface area contributed by atoms with Crippen molar-refractivity contribution in [2.24, 2.45) is 0 Å². The van der Waals surface area contributed by atoms with E-state index in [1.165, 1.54) is 0 Å². The first-order valence-electron chi connectivity index (χ1n) is 5.83. The maximum atomic E-state index is 4.64. The van der Waals surface area contributed by atoms with Crippen LogP contribution in [0.2, 0.25) is 0 Å². The summed E-state index contributed by atoms with van der Waals surface area (Å²) in [5.41, 5.74) is 3.48. The highest BCUT2D eigenvalue weighted by Crippen LogP contribution is 2.23. The summed E-state index contributed by atoms with van der Waals surface area (Å²) >= 11 is 2.29. The van der Waals surface area contributed by atoms with E-state index in [-0.39, 0.29) is 0 Å². The summed E-state index contributed by atoms with van der Waals surface area (Å²) in [6.45, 7) is 0. The summed E-state index contributed by atoms with van der Waals surface area (Å²) in [7, 11) is 0. The average molecular weight is 359 g/mol. The van der Waals surface area contributed by atoms with E-state index in [1.807, 2.05) is 48.5 Å². The normalized spacial score (nSPS) is 10.4. The molecule has 3 nitrogen and oxygen atoms in total. The molecule has 0 fully saturated rings. The van der Waals surface area contributed by atoms with Crippen LogP contribution in [0.3, 0.4) is 0 Å². The van der Waals surface area contributed by atoms with Crippen LogP contribution in [0.25, 0.3) is 22.8 Å². The molecule has 0 aliphatic heterocycles. The fraction of sp³-hybridized carbons (Fsp3) is 0. The third kappa shape index (κ3) is 2.78. The van der Waals surface area contributed by atoms with Gasteiger partial charge in [0.25, 0.3) is 0 Å². The predicted molar refractivity (Wildman–Crippen MR) is 83.4 cm³/mol. The van der Waals surface area contributed by atoms with E-state index in [2.05, 4.69) is 37.5 Å². The molecule has 0 bridgehead atoms. The first-order chi connectivity index (χ1) is 9.33. The summed E-state index contributed by atoms with van der Waals surface area (Å²) in [6, 6.07) is 15.7. The zero-order valence-corrected chi connectivity index (χ0v) is 12.2. The SMILES string of the molecule is Ic1cc(-c2ccccn2)nc(-c2ccccn2)c1. The van der Waals surface area contributed by atoms with Gasteiger partial charge in [-0.15, -0.1) is 0 Å². The molecular weight excluding hydrogens is 349 g/mol. The van der Waals surface area contributed by atoms with Crippen LogP contribution < -0.4 is 0 Å². The molecule has 3 aromatic rings. The number of aromatic nitrogens is 3. The van der Waals surface area contributed by atoms with Crippen LogP contribution in [-0.4, -0.2) is 15.0 Å². The van der Waals surface area contributed by atoms with E-state index in [4.69, 9.17) is 0 Å². The summed E-state index contributed by atoms with van der Waals surface area (Å²) < 4.78 is 1.12. The predicted octanol–water partition coefficient (Wildman–Crippen LogP) is 3.81. The minimum atomic E-state index is 0.869. The van der Waals surface area contributed by atoms with Crippen LogP contribution in [0, 0.1) is 3.57 Å². The zero-order valence-electron chi connectivity index (χ0n) is 9.99. The van der Waals surface area contributed by atoms with Gasteiger partial charge >= 0.3 is 0 Å². The van der Waals surface area contributed by atoms with Gasteiger partial charge in [-0.1, -0.05) is 12.1 Å².